The quantitative estimate of drug-likeness (QED) is 0.924. The van der Waals surface area contributed by atoms with Gasteiger partial charge in [-0.3, -0.25) is 4.79 Å². The maximum Gasteiger partial charge on any atom is 0.229 e. The van der Waals surface area contributed by atoms with Gasteiger partial charge >= 0.3 is 0 Å². The van der Waals surface area contributed by atoms with Crippen LogP contribution in [0.4, 0.5) is 5.69 Å². The van der Waals surface area contributed by atoms with Crippen molar-refractivity contribution in [3.05, 3.63) is 28.2 Å². The summed E-state index contributed by atoms with van der Waals surface area (Å²) in [7, 11) is 4.05. The molecule has 0 saturated heterocycles. The van der Waals surface area contributed by atoms with Crippen LogP contribution in [0, 0.1) is 5.92 Å². The van der Waals surface area contributed by atoms with Crippen LogP contribution < -0.4 is 5.32 Å². The van der Waals surface area contributed by atoms with Gasteiger partial charge in [0, 0.05) is 11.7 Å². The molecule has 2 atom stereocenters. The van der Waals surface area contributed by atoms with Gasteiger partial charge in [-0.15, -0.1) is 0 Å². The monoisotopic (exact) mass is 300 g/mol. The van der Waals surface area contributed by atoms with Gasteiger partial charge in [-0.05, 0) is 45.1 Å². The second-order valence-electron chi connectivity index (χ2n) is 5.19. The number of hydrogen-bond donors (Lipinski definition) is 1. The molecule has 0 aromatic heterocycles. The zero-order valence-electron chi connectivity index (χ0n) is 11.1. The normalized spacial score (nSPS) is 22.8. The third kappa shape index (κ3) is 3.41. The molecule has 1 fully saturated rings. The number of hydrogen-bond acceptors (Lipinski definition) is 2. The lowest BCUT2D eigenvalue weighted by Crippen LogP contribution is -2.37. The fraction of sp³-hybridized carbons (Fsp3) is 0.500. The molecule has 0 unspecified atom stereocenters. The average Bonchev–Trinajstić information content (AvgIpc) is 2.83. The van der Waals surface area contributed by atoms with Crippen molar-refractivity contribution in [1.29, 1.82) is 0 Å². The Morgan fingerprint density at radius 2 is 2.00 bits per heavy atom. The minimum atomic E-state index is 0.0458. The zero-order valence-corrected chi connectivity index (χ0v) is 12.6. The van der Waals surface area contributed by atoms with E-state index in [9.17, 15) is 4.79 Å². The van der Waals surface area contributed by atoms with Crippen molar-refractivity contribution >= 4 is 34.8 Å². The van der Waals surface area contributed by atoms with E-state index in [0.717, 1.165) is 19.3 Å². The number of benzene rings is 1. The van der Waals surface area contributed by atoms with Crippen LogP contribution in [0.2, 0.25) is 10.0 Å². The fourth-order valence-electron chi connectivity index (χ4n) is 2.67. The third-order valence-corrected chi connectivity index (χ3v) is 4.41. The van der Waals surface area contributed by atoms with Crippen LogP contribution in [-0.2, 0) is 4.79 Å². The predicted molar refractivity (Wildman–Crippen MR) is 79.9 cm³/mol. The molecule has 0 bridgehead atoms. The number of carbonyl (C=O) groups is 1. The Balaban J connectivity index is 2.06. The molecule has 1 aliphatic rings. The van der Waals surface area contributed by atoms with E-state index in [1.54, 1.807) is 18.2 Å². The van der Waals surface area contributed by atoms with E-state index in [4.69, 9.17) is 23.2 Å². The van der Waals surface area contributed by atoms with E-state index >= 15 is 0 Å². The van der Waals surface area contributed by atoms with Gasteiger partial charge in [0.25, 0.3) is 0 Å². The van der Waals surface area contributed by atoms with Gasteiger partial charge in [-0.2, -0.15) is 0 Å². The molecule has 1 amide bonds. The first-order valence-corrected chi connectivity index (χ1v) is 7.17. The van der Waals surface area contributed by atoms with Gasteiger partial charge in [-0.1, -0.05) is 29.6 Å². The summed E-state index contributed by atoms with van der Waals surface area (Å²) in [5.41, 5.74) is 0.698. The molecule has 2 rings (SSSR count). The third-order valence-electron chi connectivity index (χ3n) is 3.67. The van der Waals surface area contributed by atoms with Gasteiger partial charge in [0.15, 0.2) is 0 Å². The first-order valence-electron chi connectivity index (χ1n) is 6.41. The van der Waals surface area contributed by atoms with Crippen molar-refractivity contribution in [3.8, 4) is 0 Å². The molecule has 0 heterocycles. The van der Waals surface area contributed by atoms with Crippen LogP contribution in [-0.4, -0.2) is 30.9 Å². The maximum atomic E-state index is 12.3. The van der Waals surface area contributed by atoms with Crippen LogP contribution in [0.1, 0.15) is 19.3 Å². The number of rotatable bonds is 3. The molecule has 1 aromatic rings. The van der Waals surface area contributed by atoms with E-state index in [2.05, 4.69) is 10.2 Å². The van der Waals surface area contributed by atoms with Gasteiger partial charge in [0.1, 0.15) is 0 Å². The molecule has 104 valence electrons. The summed E-state index contributed by atoms with van der Waals surface area (Å²) in [4.78, 5) is 14.4. The summed E-state index contributed by atoms with van der Waals surface area (Å²) in [5.74, 6) is 0.110. The molecule has 1 aliphatic carbocycles. The Morgan fingerprint density at radius 3 is 2.63 bits per heavy atom. The lowest BCUT2D eigenvalue weighted by Gasteiger charge is -2.25. The lowest BCUT2D eigenvalue weighted by molar-refractivity contribution is -0.121. The molecular weight excluding hydrogens is 283 g/mol. The summed E-state index contributed by atoms with van der Waals surface area (Å²) >= 11 is 11.8. The predicted octanol–water partition coefficient (Wildman–Crippen LogP) is 3.66. The molecule has 19 heavy (non-hydrogen) atoms. The highest BCUT2D eigenvalue weighted by Crippen LogP contribution is 2.31. The smallest absolute Gasteiger partial charge is 0.229 e. The molecule has 3 nitrogen and oxygen atoms in total. The highest BCUT2D eigenvalue weighted by molar-refractivity contribution is 6.42. The molecule has 0 aliphatic heterocycles. The Bertz CT molecular complexity index is 477. The summed E-state index contributed by atoms with van der Waals surface area (Å²) in [6.07, 6.45) is 3.12. The molecule has 0 spiro atoms. The summed E-state index contributed by atoms with van der Waals surface area (Å²) in [6, 6.07) is 5.47. The van der Waals surface area contributed by atoms with Crippen LogP contribution in [0.15, 0.2) is 18.2 Å². The van der Waals surface area contributed by atoms with Crippen molar-refractivity contribution in [2.75, 3.05) is 19.4 Å². The SMILES string of the molecule is CN(C)[C@H]1CCC[C@@H]1C(=O)Nc1ccc(Cl)c(Cl)c1. The molecule has 1 saturated carbocycles. The standard InChI is InChI=1S/C14H18Cl2N2O/c1-18(2)13-5-3-4-10(13)14(19)17-9-6-7-11(15)12(16)8-9/h6-8,10,13H,3-5H2,1-2H3,(H,17,19)/t10-,13-/m0/s1. The van der Waals surface area contributed by atoms with Gasteiger partial charge in [0.05, 0.1) is 16.0 Å². The highest BCUT2D eigenvalue weighted by Gasteiger charge is 2.34. The number of nitrogens with one attached hydrogen (secondary N) is 1. The minimum Gasteiger partial charge on any atom is -0.326 e. The minimum absolute atomic E-state index is 0.0458. The number of halogens is 2. The number of anilines is 1. The van der Waals surface area contributed by atoms with Crippen molar-refractivity contribution in [2.45, 2.75) is 25.3 Å². The van der Waals surface area contributed by atoms with Crippen LogP contribution in [0.25, 0.3) is 0 Å². The van der Waals surface area contributed by atoms with Crippen LogP contribution >= 0.6 is 23.2 Å². The molecule has 1 N–H and O–H groups in total. The largest absolute Gasteiger partial charge is 0.326 e. The van der Waals surface area contributed by atoms with E-state index in [1.165, 1.54) is 0 Å². The molecule has 1 aromatic carbocycles. The van der Waals surface area contributed by atoms with Crippen molar-refractivity contribution in [1.82, 2.24) is 4.90 Å². The molecule has 5 heteroatoms. The van der Waals surface area contributed by atoms with E-state index in [1.807, 2.05) is 14.1 Å². The lowest BCUT2D eigenvalue weighted by atomic mass is 10.0. The Morgan fingerprint density at radius 1 is 1.26 bits per heavy atom. The zero-order chi connectivity index (χ0) is 14.0. The first kappa shape index (κ1) is 14.6. The number of amides is 1. The fourth-order valence-corrected chi connectivity index (χ4v) is 2.97. The van der Waals surface area contributed by atoms with E-state index in [-0.39, 0.29) is 11.8 Å². The van der Waals surface area contributed by atoms with Crippen molar-refractivity contribution in [2.24, 2.45) is 5.92 Å². The topological polar surface area (TPSA) is 32.3 Å². The van der Waals surface area contributed by atoms with Crippen LogP contribution in [0.5, 0.6) is 0 Å². The Labute approximate surface area is 123 Å². The van der Waals surface area contributed by atoms with Gasteiger partial charge in [-0.25, -0.2) is 0 Å². The maximum absolute atomic E-state index is 12.3. The Hall–Kier alpha value is -0.770. The first-order chi connectivity index (χ1) is 8.99. The van der Waals surface area contributed by atoms with Crippen molar-refractivity contribution < 1.29 is 4.79 Å². The molecular formula is C14H18Cl2N2O. The highest BCUT2D eigenvalue weighted by atomic mass is 35.5. The van der Waals surface area contributed by atoms with E-state index in [0.29, 0.717) is 21.8 Å². The van der Waals surface area contributed by atoms with Gasteiger partial charge < -0.3 is 10.2 Å². The second-order valence-corrected chi connectivity index (χ2v) is 6.00. The van der Waals surface area contributed by atoms with Crippen LogP contribution in [0.3, 0.4) is 0 Å². The number of nitrogens with zero attached hydrogens (tertiary/aromatic N) is 1. The summed E-state index contributed by atoms with van der Waals surface area (Å²) in [6.45, 7) is 0. The molecule has 0 radical (unpaired) electrons. The average molecular weight is 301 g/mol. The summed E-state index contributed by atoms with van der Waals surface area (Å²) < 4.78 is 0. The summed E-state index contributed by atoms with van der Waals surface area (Å²) in [5, 5.41) is 3.87. The number of carbonyl (C=O) groups excluding carboxylic acids is 1. The Kier molecular flexibility index (Phi) is 4.71. The van der Waals surface area contributed by atoms with Gasteiger partial charge in [0.2, 0.25) is 5.91 Å². The second kappa shape index (κ2) is 6.12. The van der Waals surface area contributed by atoms with Crippen molar-refractivity contribution in [3.63, 3.8) is 0 Å². The van der Waals surface area contributed by atoms with E-state index < -0.39 is 0 Å².